The molecular formula is C13H7Cl2NO2S2. The van der Waals surface area contributed by atoms with Crippen LogP contribution in [0.2, 0.25) is 10.0 Å². The SMILES string of the molecule is O=C(Nc1cc(Cl)c(O)c(Cl)c1)c1cc2sccc2s1. The zero-order valence-corrected chi connectivity index (χ0v) is 13.0. The quantitative estimate of drug-likeness (QED) is 0.626. The Morgan fingerprint density at radius 2 is 1.85 bits per heavy atom. The molecule has 1 aromatic carbocycles. The number of hydrogen-bond acceptors (Lipinski definition) is 4. The second kappa shape index (κ2) is 5.26. The molecule has 0 unspecified atom stereocenters. The van der Waals surface area contributed by atoms with E-state index < -0.39 is 0 Å². The molecular weight excluding hydrogens is 337 g/mol. The number of phenolic OH excluding ortho intramolecular Hbond substituents is 1. The maximum absolute atomic E-state index is 12.1. The highest BCUT2D eigenvalue weighted by Crippen LogP contribution is 2.35. The highest BCUT2D eigenvalue weighted by Gasteiger charge is 2.13. The van der Waals surface area contributed by atoms with E-state index in [1.807, 2.05) is 17.5 Å². The van der Waals surface area contributed by atoms with Gasteiger partial charge in [-0.15, -0.1) is 22.7 Å². The number of hydrogen-bond donors (Lipinski definition) is 2. The number of halogens is 2. The van der Waals surface area contributed by atoms with E-state index in [1.54, 1.807) is 11.3 Å². The van der Waals surface area contributed by atoms with Crippen LogP contribution in [-0.4, -0.2) is 11.0 Å². The largest absolute Gasteiger partial charge is 0.505 e. The Balaban J connectivity index is 1.87. The molecule has 0 aliphatic heterocycles. The maximum Gasteiger partial charge on any atom is 0.265 e. The Kier molecular flexibility index (Phi) is 3.60. The monoisotopic (exact) mass is 343 g/mol. The minimum Gasteiger partial charge on any atom is -0.505 e. The fraction of sp³-hybridized carbons (Fsp3) is 0. The summed E-state index contributed by atoms with van der Waals surface area (Å²) in [5.74, 6) is -0.417. The van der Waals surface area contributed by atoms with Crippen molar-refractivity contribution in [3.8, 4) is 5.75 Å². The average molecular weight is 344 g/mol. The van der Waals surface area contributed by atoms with Gasteiger partial charge in [-0.25, -0.2) is 0 Å². The number of phenols is 1. The van der Waals surface area contributed by atoms with E-state index in [2.05, 4.69) is 5.32 Å². The van der Waals surface area contributed by atoms with Gasteiger partial charge in [0.1, 0.15) is 0 Å². The number of rotatable bonds is 2. The summed E-state index contributed by atoms with van der Waals surface area (Å²) in [6.45, 7) is 0. The summed E-state index contributed by atoms with van der Waals surface area (Å²) in [6.07, 6.45) is 0. The standard InChI is InChI=1S/C13H7Cl2NO2S2/c14-7-3-6(4-8(15)12(7)17)16-13(18)11-5-10-9(20-11)1-2-19-10/h1-5,17H,(H,16,18). The molecule has 3 aromatic rings. The molecule has 2 heterocycles. The fourth-order valence-electron chi connectivity index (χ4n) is 1.71. The van der Waals surface area contributed by atoms with Crippen molar-refractivity contribution in [2.75, 3.05) is 5.32 Å². The Morgan fingerprint density at radius 1 is 1.15 bits per heavy atom. The highest BCUT2D eigenvalue weighted by molar-refractivity contribution is 7.27. The van der Waals surface area contributed by atoms with E-state index in [9.17, 15) is 9.90 Å². The topological polar surface area (TPSA) is 49.3 Å². The Bertz CT molecular complexity index is 758. The number of nitrogens with one attached hydrogen (secondary N) is 1. The van der Waals surface area contributed by atoms with Crippen LogP contribution in [0, 0.1) is 0 Å². The van der Waals surface area contributed by atoms with Gasteiger partial charge < -0.3 is 10.4 Å². The number of amides is 1. The van der Waals surface area contributed by atoms with Crippen molar-refractivity contribution in [2.24, 2.45) is 0 Å². The van der Waals surface area contributed by atoms with E-state index in [4.69, 9.17) is 23.2 Å². The van der Waals surface area contributed by atoms with Gasteiger partial charge in [0, 0.05) is 15.1 Å². The minimum absolute atomic E-state index is 0.0972. The Hall–Kier alpha value is -1.27. The third-order valence-corrected chi connectivity index (χ3v) is 5.31. The Morgan fingerprint density at radius 3 is 2.50 bits per heavy atom. The van der Waals surface area contributed by atoms with Crippen LogP contribution in [0.3, 0.4) is 0 Å². The number of carbonyl (C=O) groups excluding carboxylic acids is 1. The van der Waals surface area contributed by atoms with Crippen LogP contribution in [0.5, 0.6) is 5.75 Å². The van der Waals surface area contributed by atoms with Gasteiger partial charge in [-0.1, -0.05) is 23.2 Å². The van der Waals surface area contributed by atoms with E-state index in [0.29, 0.717) is 10.6 Å². The van der Waals surface area contributed by atoms with E-state index in [1.165, 1.54) is 23.5 Å². The van der Waals surface area contributed by atoms with Gasteiger partial charge in [-0.2, -0.15) is 0 Å². The van der Waals surface area contributed by atoms with Crippen molar-refractivity contribution in [1.29, 1.82) is 0 Å². The summed E-state index contributed by atoms with van der Waals surface area (Å²) in [6, 6.07) is 6.74. The normalized spacial score (nSPS) is 10.9. The van der Waals surface area contributed by atoms with Crippen LogP contribution < -0.4 is 5.32 Å². The van der Waals surface area contributed by atoms with E-state index in [0.717, 1.165) is 9.40 Å². The van der Waals surface area contributed by atoms with Crippen molar-refractivity contribution in [3.63, 3.8) is 0 Å². The van der Waals surface area contributed by atoms with Crippen molar-refractivity contribution in [3.05, 3.63) is 44.6 Å². The van der Waals surface area contributed by atoms with Gasteiger partial charge in [0.05, 0.1) is 14.9 Å². The van der Waals surface area contributed by atoms with Gasteiger partial charge in [-0.05, 0) is 29.6 Å². The Labute approximate surface area is 132 Å². The lowest BCUT2D eigenvalue weighted by Crippen LogP contribution is -2.09. The van der Waals surface area contributed by atoms with Crippen LogP contribution in [0.4, 0.5) is 5.69 Å². The minimum atomic E-state index is -0.226. The number of thiophene rings is 2. The number of fused-ring (bicyclic) bond motifs is 1. The zero-order valence-electron chi connectivity index (χ0n) is 9.81. The second-order valence-corrected chi connectivity index (χ2v) is 6.85. The molecule has 0 saturated heterocycles. The summed E-state index contributed by atoms with van der Waals surface area (Å²) < 4.78 is 2.17. The molecule has 0 aliphatic carbocycles. The average Bonchev–Trinajstić information content (AvgIpc) is 2.96. The smallest absolute Gasteiger partial charge is 0.265 e. The molecule has 0 spiro atoms. The van der Waals surface area contributed by atoms with Crippen LogP contribution in [-0.2, 0) is 0 Å². The maximum atomic E-state index is 12.1. The first-order chi connectivity index (χ1) is 9.54. The van der Waals surface area contributed by atoms with Crippen molar-refractivity contribution >= 4 is 66.9 Å². The molecule has 0 atom stereocenters. The number of carbonyl (C=O) groups is 1. The van der Waals surface area contributed by atoms with Gasteiger partial charge in [-0.3, -0.25) is 4.79 Å². The third-order valence-electron chi connectivity index (χ3n) is 2.64. The lowest BCUT2D eigenvalue weighted by Gasteiger charge is -2.06. The van der Waals surface area contributed by atoms with Crippen LogP contribution >= 0.6 is 45.9 Å². The van der Waals surface area contributed by atoms with Crippen molar-refractivity contribution < 1.29 is 9.90 Å². The number of aromatic hydroxyl groups is 1. The summed E-state index contributed by atoms with van der Waals surface area (Å²) in [7, 11) is 0. The molecule has 0 bridgehead atoms. The molecule has 2 N–H and O–H groups in total. The molecule has 1 amide bonds. The number of anilines is 1. The van der Waals surface area contributed by atoms with Gasteiger partial charge in [0.2, 0.25) is 0 Å². The van der Waals surface area contributed by atoms with Crippen molar-refractivity contribution in [2.45, 2.75) is 0 Å². The lowest BCUT2D eigenvalue weighted by atomic mass is 10.3. The van der Waals surface area contributed by atoms with Crippen LogP contribution in [0.1, 0.15) is 9.67 Å². The summed E-state index contributed by atoms with van der Waals surface area (Å²) >= 11 is 14.6. The molecule has 0 fully saturated rings. The molecule has 20 heavy (non-hydrogen) atoms. The second-order valence-electron chi connectivity index (χ2n) is 4.00. The number of benzene rings is 1. The van der Waals surface area contributed by atoms with Gasteiger partial charge in [0.15, 0.2) is 5.75 Å². The predicted molar refractivity (Wildman–Crippen MR) is 85.8 cm³/mol. The van der Waals surface area contributed by atoms with Crippen molar-refractivity contribution in [1.82, 2.24) is 0 Å². The zero-order chi connectivity index (χ0) is 14.3. The molecule has 0 aliphatic rings. The van der Waals surface area contributed by atoms with Gasteiger partial charge >= 0.3 is 0 Å². The first-order valence-corrected chi connectivity index (χ1v) is 7.96. The molecule has 7 heteroatoms. The molecule has 2 aromatic heterocycles. The fourth-order valence-corrected chi connectivity index (χ4v) is 4.20. The van der Waals surface area contributed by atoms with Gasteiger partial charge in [0.25, 0.3) is 5.91 Å². The summed E-state index contributed by atoms with van der Waals surface area (Å²) in [5, 5.41) is 14.4. The molecule has 102 valence electrons. The van der Waals surface area contributed by atoms with E-state index in [-0.39, 0.29) is 21.7 Å². The molecule has 3 nitrogen and oxygen atoms in total. The highest BCUT2D eigenvalue weighted by atomic mass is 35.5. The first kappa shape index (κ1) is 13.7. The third kappa shape index (κ3) is 2.50. The first-order valence-electron chi connectivity index (χ1n) is 5.51. The molecule has 3 rings (SSSR count). The van der Waals surface area contributed by atoms with Crippen LogP contribution in [0.15, 0.2) is 29.6 Å². The van der Waals surface area contributed by atoms with E-state index >= 15 is 0 Å². The lowest BCUT2D eigenvalue weighted by molar-refractivity contribution is 0.103. The summed E-state index contributed by atoms with van der Waals surface area (Å²) in [5.41, 5.74) is 0.444. The molecule has 0 radical (unpaired) electrons. The molecule has 0 saturated carbocycles. The summed E-state index contributed by atoms with van der Waals surface area (Å²) in [4.78, 5) is 12.8. The predicted octanol–water partition coefficient (Wildman–Crippen LogP) is 5.23. The van der Waals surface area contributed by atoms with Crippen LogP contribution in [0.25, 0.3) is 9.40 Å².